The van der Waals surface area contributed by atoms with Crippen LogP contribution >= 0.6 is 0 Å². The van der Waals surface area contributed by atoms with E-state index in [9.17, 15) is 0 Å². The van der Waals surface area contributed by atoms with Gasteiger partial charge in [-0.1, -0.05) is 20.8 Å². The molecule has 0 heterocycles. The molecular formula is C22H50N4. The summed E-state index contributed by atoms with van der Waals surface area (Å²) in [7, 11) is 4.49. The maximum atomic E-state index is 2.62. The lowest BCUT2D eigenvalue weighted by atomic mass is 9.96. The zero-order valence-electron chi connectivity index (χ0n) is 19.9. The molecule has 26 heavy (non-hydrogen) atoms. The number of nitrogens with zero attached hydrogens (tertiary/aromatic N) is 4. The van der Waals surface area contributed by atoms with Gasteiger partial charge in [-0.2, -0.15) is 0 Å². The van der Waals surface area contributed by atoms with E-state index < -0.39 is 0 Å². The van der Waals surface area contributed by atoms with E-state index in [2.05, 4.69) is 89.1 Å². The lowest BCUT2D eigenvalue weighted by Gasteiger charge is -2.38. The van der Waals surface area contributed by atoms with Crippen LogP contribution in [0.25, 0.3) is 0 Å². The molecule has 0 aliphatic heterocycles. The van der Waals surface area contributed by atoms with Crippen molar-refractivity contribution in [2.45, 2.75) is 79.3 Å². The lowest BCUT2D eigenvalue weighted by Crippen LogP contribution is -2.46. The predicted octanol–water partition coefficient (Wildman–Crippen LogP) is 3.87. The van der Waals surface area contributed by atoms with E-state index in [1.54, 1.807) is 0 Å². The van der Waals surface area contributed by atoms with Gasteiger partial charge in [0.15, 0.2) is 0 Å². The van der Waals surface area contributed by atoms with Crippen molar-refractivity contribution in [1.82, 2.24) is 19.6 Å². The molecule has 0 rings (SSSR count). The first kappa shape index (κ1) is 25.8. The Hall–Kier alpha value is -0.160. The van der Waals surface area contributed by atoms with E-state index in [4.69, 9.17) is 0 Å². The van der Waals surface area contributed by atoms with Gasteiger partial charge in [0.05, 0.1) is 0 Å². The summed E-state index contributed by atoms with van der Waals surface area (Å²) in [4.78, 5) is 10.1. The molecule has 0 aliphatic carbocycles. The third kappa shape index (κ3) is 10.2. The van der Waals surface area contributed by atoms with Gasteiger partial charge in [0.2, 0.25) is 0 Å². The summed E-state index contributed by atoms with van der Waals surface area (Å²) < 4.78 is 0. The van der Waals surface area contributed by atoms with Gasteiger partial charge in [-0.25, -0.2) is 0 Å². The second-order valence-corrected chi connectivity index (χ2v) is 9.42. The van der Waals surface area contributed by atoms with Crippen molar-refractivity contribution >= 4 is 0 Å². The molecule has 0 saturated heterocycles. The second-order valence-electron chi connectivity index (χ2n) is 9.42. The van der Waals surface area contributed by atoms with Crippen LogP contribution in [0, 0.1) is 0 Å². The molecule has 0 unspecified atom stereocenters. The van der Waals surface area contributed by atoms with Gasteiger partial charge >= 0.3 is 0 Å². The second kappa shape index (κ2) is 12.3. The third-order valence-corrected chi connectivity index (χ3v) is 6.12. The van der Waals surface area contributed by atoms with E-state index >= 15 is 0 Å². The maximum Gasteiger partial charge on any atom is 0.0151 e. The Labute approximate surface area is 165 Å². The van der Waals surface area contributed by atoms with Crippen LogP contribution in [0.3, 0.4) is 0 Å². The molecule has 0 spiro atoms. The summed E-state index contributed by atoms with van der Waals surface area (Å²) in [5, 5.41) is 0. The normalized spacial score (nSPS) is 13.6. The van der Waals surface area contributed by atoms with Gasteiger partial charge in [0, 0.05) is 37.3 Å². The molecule has 4 heteroatoms. The highest BCUT2D eigenvalue weighted by Gasteiger charge is 2.24. The highest BCUT2D eigenvalue weighted by molar-refractivity contribution is 4.81. The Morgan fingerprint density at radius 3 is 1.73 bits per heavy atom. The molecule has 0 N–H and O–H groups in total. The van der Waals surface area contributed by atoms with Crippen molar-refractivity contribution in [2.75, 3.05) is 66.5 Å². The Balaban J connectivity index is 4.30. The largest absolute Gasteiger partial charge is 0.305 e. The molecule has 0 aromatic heterocycles. The van der Waals surface area contributed by atoms with Crippen LogP contribution < -0.4 is 0 Å². The first-order valence-corrected chi connectivity index (χ1v) is 10.8. The zero-order chi connectivity index (χ0) is 20.4. The standard InChI is InChI=1S/C22H50N4/c1-11-23(9)17-18-24(10)22(7,8)15-14-16-25(12-2)19-20-26(13-3)21(4,5)6/h11-20H2,1-10H3. The molecule has 0 aromatic rings. The smallest absolute Gasteiger partial charge is 0.0151 e. The lowest BCUT2D eigenvalue weighted by molar-refractivity contribution is 0.110. The molecule has 0 radical (unpaired) electrons. The van der Waals surface area contributed by atoms with E-state index in [1.165, 1.54) is 32.5 Å². The number of hydrogen-bond acceptors (Lipinski definition) is 4. The van der Waals surface area contributed by atoms with Crippen LogP contribution in [-0.4, -0.2) is 97.1 Å². The maximum absolute atomic E-state index is 2.62. The fourth-order valence-corrected chi connectivity index (χ4v) is 3.37. The molecule has 0 atom stereocenters. The highest BCUT2D eigenvalue weighted by atomic mass is 15.2. The third-order valence-electron chi connectivity index (χ3n) is 6.12. The van der Waals surface area contributed by atoms with E-state index in [1.807, 2.05) is 0 Å². The van der Waals surface area contributed by atoms with E-state index in [0.29, 0.717) is 0 Å². The monoisotopic (exact) mass is 370 g/mol. The zero-order valence-corrected chi connectivity index (χ0v) is 19.9. The summed E-state index contributed by atoms with van der Waals surface area (Å²) >= 11 is 0. The summed E-state index contributed by atoms with van der Waals surface area (Å²) in [5.41, 5.74) is 0.541. The van der Waals surface area contributed by atoms with Crippen LogP contribution in [-0.2, 0) is 0 Å². The van der Waals surface area contributed by atoms with Gasteiger partial charge in [-0.3, -0.25) is 9.80 Å². The van der Waals surface area contributed by atoms with Crippen LogP contribution in [0.5, 0.6) is 0 Å². The van der Waals surface area contributed by atoms with Crippen molar-refractivity contribution in [3.63, 3.8) is 0 Å². The summed E-state index contributed by atoms with van der Waals surface area (Å²) in [6.07, 6.45) is 2.53. The number of hydrogen-bond donors (Lipinski definition) is 0. The molecule has 0 fully saturated rings. The molecule has 0 aromatic carbocycles. The predicted molar refractivity (Wildman–Crippen MR) is 118 cm³/mol. The van der Waals surface area contributed by atoms with E-state index in [-0.39, 0.29) is 11.1 Å². The van der Waals surface area contributed by atoms with Crippen molar-refractivity contribution < 1.29 is 0 Å². The van der Waals surface area contributed by atoms with Gasteiger partial charge in [-0.05, 0) is 87.7 Å². The van der Waals surface area contributed by atoms with Gasteiger partial charge in [0.25, 0.3) is 0 Å². The van der Waals surface area contributed by atoms with Crippen molar-refractivity contribution in [1.29, 1.82) is 0 Å². The van der Waals surface area contributed by atoms with Crippen LogP contribution in [0.2, 0.25) is 0 Å². The van der Waals surface area contributed by atoms with Gasteiger partial charge < -0.3 is 9.80 Å². The number of rotatable bonds is 14. The quantitative estimate of drug-likeness (QED) is 0.460. The Bertz CT molecular complexity index is 349. The van der Waals surface area contributed by atoms with Gasteiger partial charge in [0.1, 0.15) is 0 Å². The highest BCUT2D eigenvalue weighted by Crippen LogP contribution is 2.19. The van der Waals surface area contributed by atoms with Crippen molar-refractivity contribution in [3.8, 4) is 0 Å². The Morgan fingerprint density at radius 1 is 0.654 bits per heavy atom. The Kier molecular flexibility index (Phi) is 12.3. The minimum absolute atomic E-state index is 0.268. The molecule has 0 amide bonds. The summed E-state index contributed by atoms with van der Waals surface area (Å²) in [5.74, 6) is 0. The fraction of sp³-hybridized carbons (Fsp3) is 1.00. The topological polar surface area (TPSA) is 13.0 Å². The molecule has 0 saturated carbocycles. The minimum atomic E-state index is 0.268. The summed E-state index contributed by atoms with van der Waals surface area (Å²) in [6.45, 7) is 27.8. The first-order chi connectivity index (χ1) is 12.0. The molecule has 158 valence electrons. The van der Waals surface area contributed by atoms with Crippen molar-refractivity contribution in [3.05, 3.63) is 0 Å². The SMILES string of the molecule is CCN(C)CCN(C)C(C)(C)CCCN(CC)CCN(CC)C(C)(C)C. The first-order valence-electron chi connectivity index (χ1n) is 10.8. The molecule has 0 bridgehead atoms. The molecule has 4 nitrogen and oxygen atoms in total. The minimum Gasteiger partial charge on any atom is -0.305 e. The molecular weight excluding hydrogens is 320 g/mol. The van der Waals surface area contributed by atoms with Crippen LogP contribution in [0.4, 0.5) is 0 Å². The van der Waals surface area contributed by atoms with Crippen LogP contribution in [0.15, 0.2) is 0 Å². The van der Waals surface area contributed by atoms with Gasteiger partial charge in [-0.15, -0.1) is 0 Å². The Morgan fingerprint density at radius 2 is 1.27 bits per heavy atom. The van der Waals surface area contributed by atoms with Crippen molar-refractivity contribution in [2.24, 2.45) is 0 Å². The fourth-order valence-electron chi connectivity index (χ4n) is 3.37. The average molecular weight is 371 g/mol. The summed E-state index contributed by atoms with van der Waals surface area (Å²) in [6, 6.07) is 0. The van der Waals surface area contributed by atoms with Crippen LogP contribution in [0.1, 0.15) is 68.2 Å². The number of likely N-dealkylation sites (N-methyl/N-ethyl adjacent to an activating group) is 4. The van der Waals surface area contributed by atoms with E-state index in [0.717, 1.165) is 32.7 Å². The molecule has 0 aliphatic rings. The average Bonchev–Trinajstić information content (AvgIpc) is 2.56.